The van der Waals surface area contributed by atoms with Crippen LogP contribution in [-0.4, -0.2) is 53.7 Å². The Labute approximate surface area is 199 Å². The number of para-hydroxylation sites is 2. The molecule has 2 heterocycles. The first-order valence-electron chi connectivity index (χ1n) is 11.5. The van der Waals surface area contributed by atoms with Gasteiger partial charge in [-0.05, 0) is 37.3 Å². The molecule has 0 saturated heterocycles. The summed E-state index contributed by atoms with van der Waals surface area (Å²) in [6, 6.07) is 12.2. The molecule has 1 N–H and O–H groups in total. The van der Waals surface area contributed by atoms with Crippen LogP contribution in [0.25, 0.3) is 11.0 Å². The van der Waals surface area contributed by atoms with Gasteiger partial charge in [-0.2, -0.15) is 4.31 Å². The Balaban J connectivity index is 1.59. The van der Waals surface area contributed by atoms with Gasteiger partial charge in [0.15, 0.2) is 0 Å². The molecule has 0 bridgehead atoms. The number of fused-ring (bicyclic) bond motifs is 2. The molecule has 34 heavy (non-hydrogen) atoms. The first-order valence-corrected chi connectivity index (χ1v) is 12.9. The summed E-state index contributed by atoms with van der Waals surface area (Å²) in [5, 5.41) is 2.79. The molecule has 0 atom stereocenters. The van der Waals surface area contributed by atoms with E-state index < -0.39 is 10.0 Å². The molecule has 10 heteroatoms. The zero-order chi connectivity index (χ0) is 24.5. The number of benzene rings is 2. The third-order valence-corrected chi connectivity index (χ3v) is 8.14. The highest BCUT2D eigenvalue weighted by Gasteiger charge is 2.27. The summed E-state index contributed by atoms with van der Waals surface area (Å²) >= 11 is 0. The lowest BCUT2D eigenvalue weighted by atomic mass is 10.1. The van der Waals surface area contributed by atoms with Gasteiger partial charge in [-0.25, -0.2) is 13.4 Å². The van der Waals surface area contributed by atoms with E-state index in [0.717, 1.165) is 5.52 Å². The molecule has 0 aliphatic carbocycles. The quantitative estimate of drug-likeness (QED) is 0.530. The fraction of sp³-hybridized carbons (Fsp3) is 0.375. The molecule has 2 aromatic carbocycles. The summed E-state index contributed by atoms with van der Waals surface area (Å²) in [7, 11) is -3.59. The number of imidazole rings is 1. The van der Waals surface area contributed by atoms with Crippen molar-refractivity contribution in [3.8, 4) is 0 Å². The highest BCUT2D eigenvalue weighted by Crippen LogP contribution is 2.30. The van der Waals surface area contributed by atoms with E-state index >= 15 is 0 Å². The second kappa shape index (κ2) is 9.55. The van der Waals surface area contributed by atoms with Gasteiger partial charge < -0.3 is 14.8 Å². The number of hydrogen-bond acceptors (Lipinski definition) is 5. The largest absolute Gasteiger partial charge is 0.328 e. The van der Waals surface area contributed by atoms with Gasteiger partial charge >= 0.3 is 0 Å². The monoisotopic (exact) mass is 483 g/mol. The van der Waals surface area contributed by atoms with Crippen molar-refractivity contribution < 1.29 is 18.0 Å². The Morgan fingerprint density at radius 1 is 1.12 bits per heavy atom. The molecular weight excluding hydrogens is 454 g/mol. The van der Waals surface area contributed by atoms with Gasteiger partial charge in [0.05, 0.1) is 27.3 Å². The molecule has 1 aliphatic rings. The molecule has 4 rings (SSSR count). The third-order valence-electron chi connectivity index (χ3n) is 6.09. The van der Waals surface area contributed by atoms with Crippen molar-refractivity contribution in [2.45, 2.75) is 45.1 Å². The Bertz CT molecular complexity index is 1340. The van der Waals surface area contributed by atoms with Crippen molar-refractivity contribution in [1.29, 1.82) is 0 Å². The molecule has 1 aliphatic heterocycles. The van der Waals surface area contributed by atoms with Crippen LogP contribution in [0.15, 0.2) is 47.4 Å². The third kappa shape index (κ3) is 4.30. The molecule has 9 nitrogen and oxygen atoms in total. The minimum atomic E-state index is -3.59. The first-order chi connectivity index (χ1) is 16.3. The van der Waals surface area contributed by atoms with Crippen molar-refractivity contribution in [2.24, 2.45) is 0 Å². The predicted octanol–water partition coefficient (Wildman–Crippen LogP) is 3.00. The second-order valence-electron chi connectivity index (χ2n) is 8.06. The maximum atomic E-state index is 13.0. The van der Waals surface area contributed by atoms with Crippen LogP contribution in [0.3, 0.4) is 0 Å². The van der Waals surface area contributed by atoms with E-state index in [2.05, 4.69) is 10.3 Å². The van der Waals surface area contributed by atoms with Crippen LogP contribution in [-0.2, 0) is 32.6 Å². The van der Waals surface area contributed by atoms with E-state index in [1.807, 2.05) is 43.5 Å². The van der Waals surface area contributed by atoms with Gasteiger partial charge in [0.2, 0.25) is 21.8 Å². The maximum Gasteiger partial charge on any atom is 0.244 e. The van der Waals surface area contributed by atoms with E-state index in [-0.39, 0.29) is 29.7 Å². The van der Waals surface area contributed by atoms with Gasteiger partial charge in [-0.15, -0.1) is 0 Å². The lowest BCUT2D eigenvalue weighted by Gasteiger charge is -2.29. The van der Waals surface area contributed by atoms with Gasteiger partial charge in [0, 0.05) is 32.5 Å². The van der Waals surface area contributed by atoms with E-state index in [4.69, 9.17) is 0 Å². The van der Waals surface area contributed by atoms with Gasteiger partial charge in [-0.3, -0.25) is 9.59 Å². The lowest BCUT2D eigenvalue weighted by molar-refractivity contribution is -0.121. The highest BCUT2D eigenvalue weighted by molar-refractivity contribution is 7.89. The highest BCUT2D eigenvalue weighted by atomic mass is 32.2. The average Bonchev–Trinajstić information content (AvgIpc) is 3.19. The van der Waals surface area contributed by atoms with Crippen molar-refractivity contribution in [1.82, 2.24) is 13.9 Å². The number of carbonyl (C=O) groups is 2. The van der Waals surface area contributed by atoms with Crippen LogP contribution in [0.1, 0.15) is 33.0 Å². The molecular formula is C24H29N5O4S. The fourth-order valence-electron chi connectivity index (χ4n) is 4.39. The van der Waals surface area contributed by atoms with Crippen molar-refractivity contribution in [3.63, 3.8) is 0 Å². The number of anilines is 2. The SMILES string of the molecule is CCN(CC)S(=O)(=O)c1ccc2c(c1)nc(CCC(=O)N1CC(=O)Nc3ccccc31)n2CC. The number of aryl methyl sites for hydroxylation is 2. The Hall–Kier alpha value is -3.24. The number of rotatable bonds is 8. The molecule has 0 unspecified atom stereocenters. The predicted molar refractivity (Wildman–Crippen MR) is 131 cm³/mol. The summed E-state index contributed by atoms with van der Waals surface area (Å²) < 4.78 is 29.3. The van der Waals surface area contributed by atoms with Crippen LogP contribution < -0.4 is 10.2 Å². The number of nitrogens with zero attached hydrogens (tertiary/aromatic N) is 4. The number of carbonyl (C=O) groups excluding carboxylic acids is 2. The van der Waals surface area contributed by atoms with E-state index in [1.54, 1.807) is 24.3 Å². The van der Waals surface area contributed by atoms with Crippen LogP contribution in [0.4, 0.5) is 11.4 Å². The summed E-state index contributed by atoms with van der Waals surface area (Å²) in [6.45, 7) is 7.01. The molecule has 3 aromatic rings. The smallest absolute Gasteiger partial charge is 0.244 e. The van der Waals surface area contributed by atoms with Crippen molar-refractivity contribution in [2.75, 3.05) is 29.9 Å². The first kappa shape index (κ1) is 23.9. The number of nitrogens with one attached hydrogen (secondary N) is 1. The molecule has 2 amide bonds. The van der Waals surface area contributed by atoms with Crippen LogP contribution in [0.2, 0.25) is 0 Å². The Morgan fingerprint density at radius 3 is 2.56 bits per heavy atom. The summed E-state index contributed by atoms with van der Waals surface area (Å²) in [5.74, 6) is 0.314. The zero-order valence-corrected chi connectivity index (χ0v) is 20.4. The lowest BCUT2D eigenvalue weighted by Crippen LogP contribution is -2.42. The molecule has 180 valence electrons. The number of amides is 2. The van der Waals surface area contributed by atoms with Gasteiger partial charge in [0.25, 0.3) is 0 Å². The van der Waals surface area contributed by atoms with Crippen LogP contribution >= 0.6 is 0 Å². The average molecular weight is 484 g/mol. The number of sulfonamides is 1. The van der Waals surface area contributed by atoms with Crippen LogP contribution in [0, 0.1) is 0 Å². The van der Waals surface area contributed by atoms with Crippen molar-refractivity contribution in [3.05, 3.63) is 48.3 Å². The summed E-state index contributed by atoms with van der Waals surface area (Å²) in [4.78, 5) is 31.5. The van der Waals surface area contributed by atoms with Crippen molar-refractivity contribution >= 4 is 44.2 Å². The van der Waals surface area contributed by atoms with Gasteiger partial charge in [-0.1, -0.05) is 26.0 Å². The molecule has 0 fully saturated rings. The maximum absolute atomic E-state index is 13.0. The summed E-state index contributed by atoms with van der Waals surface area (Å²) in [5.41, 5.74) is 2.71. The standard InChI is InChI=1S/C24H29N5O4S/c1-4-27(5-2)34(32,33)17-11-12-21-19(15-17)25-22(28(21)6-3)13-14-24(31)29-16-23(30)26-18-9-7-8-10-20(18)29/h7-12,15H,4-6,13-14,16H2,1-3H3,(H,26,30). The minimum Gasteiger partial charge on any atom is -0.328 e. The molecule has 0 radical (unpaired) electrons. The van der Waals surface area contributed by atoms with E-state index in [0.29, 0.717) is 48.8 Å². The van der Waals surface area contributed by atoms with Crippen LogP contribution in [0.5, 0.6) is 0 Å². The fourth-order valence-corrected chi connectivity index (χ4v) is 5.86. The normalized spacial score (nSPS) is 13.9. The number of aromatic nitrogens is 2. The molecule has 0 saturated carbocycles. The Morgan fingerprint density at radius 2 is 1.85 bits per heavy atom. The molecule has 0 spiro atoms. The topological polar surface area (TPSA) is 105 Å². The minimum absolute atomic E-state index is 0.0212. The Kier molecular flexibility index (Phi) is 6.72. The second-order valence-corrected chi connectivity index (χ2v) is 10.00. The number of hydrogen-bond donors (Lipinski definition) is 1. The molecule has 1 aromatic heterocycles. The van der Waals surface area contributed by atoms with Gasteiger partial charge in [0.1, 0.15) is 12.4 Å². The van der Waals surface area contributed by atoms with E-state index in [9.17, 15) is 18.0 Å². The zero-order valence-electron chi connectivity index (χ0n) is 19.6. The van der Waals surface area contributed by atoms with E-state index in [1.165, 1.54) is 9.21 Å². The summed E-state index contributed by atoms with van der Waals surface area (Å²) in [6.07, 6.45) is 0.551.